The van der Waals surface area contributed by atoms with Crippen LogP contribution >= 0.6 is 0 Å². The van der Waals surface area contributed by atoms with Gasteiger partial charge in [-0.15, -0.1) is 0 Å². The van der Waals surface area contributed by atoms with Crippen LogP contribution in [0.25, 0.3) is 0 Å². The molecule has 2 aromatic rings. The zero-order chi connectivity index (χ0) is 14.7. The standard InChI is InChI=1S/C15H19N3O2/c1-9(2)13-6-11(7-14(16)18-13)15(19)17-8-12-5-4-10(3)20-12/h4-7,9H,8H2,1-3H3,(H2,16,18)(H,17,19). The Labute approximate surface area is 118 Å². The predicted molar refractivity (Wildman–Crippen MR) is 77.4 cm³/mol. The second kappa shape index (κ2) is 5.77. The van der Waals surface area contributed by atoms with E-state index in [-0.39, 0.29) is 11.8 Å². The molecule has 0 saturated heterocycles. The van der Waals surface area contributed by atoms with Gasteiger partial charge in [0.15, 0.2) is 0 Å². The van der Waals surface area contributed by atoms with E-state index in [0.29, 0.717) is 17.9 Å². The van der Waals surface area contributed by atoms with Gasteiger partial charge in [0.2, 0.25) is 0 Å². The van der Waals surface area contributed by atoms with Crippen molar-refractivity contribution in [2.75, 3.05) is 5.73 Å². The summed E-state index contributed by atoms with van der Waals surface area (Å²) in [5.74, 6) is 1.94. The zero-order valence-electron chi connectivity index (χ0n) is 11.9. The fraction of sp³-hybridized carbons (Fsp3) is 0.333. The highest BCUT2D eigenvalue weighted by Crippen LogP contribution is 2.16. The van der Waals surface area contributed by atoms with Crippen LogP contribution in [0.2, 0.25) is 0 Å². The maximum absolute atomic E-state index is 12.1. The zero-order valence-corrected chi connectivity index (χ0v) is 11.9. The van der Waals surface area contributed by atoms with Gasteiger partial charge in [-0.2, -0.15) is 0 Å². The molecule has 0 fully saturated rings. The lowest BCUT2D eigenvalue weighted by molar-refractivity contribution is 0.0947. The molecule has 0 spiro atoms. The average Bonchev–Trinajstić information content (AvgIpc) is 2.81. The monoisotopic (exact) mass is 273 g/mol. The van der Waals surface area contributed by atoms with Gasteiger partial charge < -0.3 is 15.5 Å². The molecule has 0 aromatic carbocycles. The summed E-state index contributed by atoms with van der Waals surface area (Å²) in [6, 6.07) is 7.05. The summed E-state index contributed by atoms with van der Waals surface area (Å²) < 4.78 is 5.40. The Hall–Kier alpha value is -2.30. The number of aromatic nitrogens is 1. The number of nitrogens with one attached hydrogen (secondary N) is 1. The van der Waals surface area contributed by atoms with Crippen LogP contribution in [0.5, 0.6) is 0 Å². The van der Waals surface area contributed by atoms with Crippen LogP contribution in [0.1, 0.15) is 47.3 Å². The molecule has 0 unspecified atom stereocenters. The highest BCUT2D eigenvalue weighted by Gasteiger charge is 2.11. The van der Waals surface area contributed by atoms with Crippen molar-refractivity contribution < 1.29 is 9.21 Å². The van der Waals surface area contributed by atoms with Crippen LogP contribution in [0.4, 0.5) is 5.82 Å². The number of hydrogen-bond donors (Lipinski definition) is 2. The Morgan fingerprint density at radius 2 is 2.15 bits per heavy atom. The summed E-state index contributed by atoms with van der Waals surface area (Å²) in [6.07, 6.45) is 0. The average molecular weight is 273 g/mol. The summed E-state index contributed by atoms with van der Waals surface area (Å²) in [7, 11) is 0. The van der Waals surface area contributed by atoms with Crippen molar-refractivity contribution >= 4 is 11.7 Å². The number of rotatable bonds is 4. The summed E-state index contributed by atoms with van der Waals surface area (Å²) in [5.41, 5.74) is 7.06. The molecule has 2 aromatic heterocycles. The number of hydrogen-bond acceptors (Lipinski definition) is 4. The minimum absolute atomic E-state index is 0.185. The van der Waals surface area contributed by atoms with Gasteiger partial charge in [0.1, 0.15) is 17.3 Å². The molecular formula is C15H19N3O2. The quantitative estimate of drug-likeness (QED) is 0.897. The number of carbonyl (C=O) groups is 1. The van der Waals surface area contributed by atoms with Crippen LogP contribution in [-0.2, 0) is 6.54 Å². The molecule has 5 heteroatoms. The maximum atomic E-state index is 12.1. The van der Waals surface area contributed by atoms with E-state index in [2.05, 4.69) is 10.3 Å². The van der Waals surface area contributed by atoms with E-state index in [1.165, 1.54) is 0 Å². The first-order valence-electron chi connectivity index (χ1n) is 6.56. The number of nitrogens with zero attached hydrogens (tertiary/aromatic N) is 1. The van der Waals surface area contributed by atoms with Crippen LogP contribution in [0.3, 0.4) is 0 Å². The lowest BCUT2D eigenvalue weighted by Gasteiger charge is -2.09. The van der Waals surface area contributed by atoms with Gasteiger partial charge in [0.05, 0.1) is 6.54 Å². The van der Waals surface area contributed by atoms with E-state index >= 15 is 0 Å². The van der Waals surface area contributed by atoms with E-state index in [0.717, 1.165) is 17.2 Å². The molecule has 5 nitrogen and oxygen atoms in total. The maximum Gasteiger partial charge on any atom is 0.251 e. The number of pyridine rings is 1. The molecule has 0 aliphatic heterocycles. The minimum Gasteiger partial charge on any atom is -0.465 e. The lowest BCUT2D eigenvalue weighted by Crippen LogP contribution is -2.23. The summed E-state index contributed by atoms with van der Waals surface area (Å²) in [5, 5.41) is 2.81. The van der Waals surface area contributed by atoms with E-state index in [1.54, 1.807) is 12.1 Å². The smallest absolute Gasteiger partial charge is 0.251 e. The summed E-state index contributed by atoms with van der Waals surface area (Å²) >= 11 is 0. The number of nitrogen functional groups attached to an aromatic ring is 1. The molecule has 2 heterocycles. The Morgan fingerprint density at radius 1 is 1.40 bits per heavy atom. The number of amides is 1. The minimum atomic E-state index is -0.185. The highest BCUT2D eigenvalue weighted by atomic mass is 16.3. The van der Waals surface area contributed by atoms with E-state index in [4.69, 9.17) is 10.2 Å². The van der Waals surface area contributed by atoms with E-state index in [9.17, 15) is 4.79 Å². The largest absolute Gasteiger partial charge is 0.465 e. The molecule has 0 saturated carbocycles. The predicted octanol–water partition coefficient (Wildman–Crippen LogP) is 2.62. The number of anilines is 1. The van der Waals surface area contributed by atoms with Crippen LogP contribution in [-0.4, -0.2) is 10.9 Å². The van der Waals surface area contributed by atoms with Gasteiger partial charge >= 0.3 is 0 Å². The lowest BCUT2D eigenvalue weighted by atomic mass is 10.1. The molecule has 0 aliphatic rings. The first kappa shape index (κ1) is 14.1. The third kappa shape index (κ3) is 3.38. The molecule has 0 atom stereocenters. The summed E-state index contributed by atoms with van der Waals surface area (Å²) in [4.78, 5) is 16.3. The molecule has 3 N–H and O–H groups in total. The fourth-order valence-corrected chi connectivity index (χ4v) is 1.85. The third-order valence-corrected chi connectivity index (χ3v) is 2.94. The molecule has 0 bridgehead atoms. The second-order valence-corrected chi connectivity index (χ2v) is 5.06. The topological polar surface area (TPSA) is 81.2 Å². The third-order valence-electron chi connectivity index (χ3n) is 2.94. The van der Waals surface area contributed by atoms with Gasteiger partial charge in [-0.3, -0.25) is 4.79 Å². The second-order valence-electron chi connectivity index (χ2n) is 5.06. The number of carbonyl (C=O) groups excluding carboxylic acids is 1. The fourth-order valence-electron chi connectivity index (χ4n) is 1.85. The first-order valence-corrected chi connectivity index (χ1v) is 6.56. The molecule has 1 amide bonds. The first-order chi connectivity index (χ1) is 9.45. The Morgan fingerprint density at radius 3 is 2.75 bits per heavy atom. The molecule has 2 rings (SSSR count). The number of nitrogens with two attached hydrogens (primary N) is 1. The number of aryl methyl sites for hydroxylation is 1. The van der Waals surface area contributed by atoms with Gasteiger partial charge in [-0.05, 0) is 37.1 Å². The van der Waals surface area contributed by atoms with Crippen LogP contribution in [0, 0.1) is 6.92 Å². The molecule has 0 radical (unpaired) electrons. The Bertz CT molecular complexity index is 617. The molecule has 0 aliphatic carbocycles. The Balaban J connectivity index is 2.09. The van der Waals surface area contributed by atoms with Crippen molar-refractivity contribution in [3.05, 3.63) is 47.0 Å². The van der Waals surface area contributed by atoms with E-state index < -0.39 is 0 Å². The molecule has 20 heavy (non-hydrogen) atoms. The van der Waals surface area contributed by atoms with Gasteiger partial charge in [-0.1, -0.05) is 13.8 Å². The van der Waals surface area contributed by atoms with Crippen molar-refractivity contribution in [1.29, 1.82) is 0 Å². The van der Waals surface area contributed by atoms with Crippen molar-refractivity contribution in [3.8, 4) is 0 Å². The highest BCUT2D eigenvalue weighted by molar-refractivity contribution is 5.94. The normalized spacial score (nSPS) is 10.8. The van der Waals surface area contributed by atoms with Crippen LogP contribution < -0.4 is 11.1 Å². The Kier molecular flexibility index (Phi) is 4.08. The van der Waals surface area contributed by atoms with Crippen molar-refractivity contribution in [2.24, 2.45) is 0 Å². The van der Waals surface area contributed by atoms with Crippen molar-refractivity contribution in [3.63, 3.8) is 0 Å². The van der Waals surface area contributed by atoms with Crippen LogP contribution in [0.15, 0.2) is 28.7 Å². The van der Waals surface area contributed by atoms with Crippen molar-refractivity contribution in [1.82, 2.24) is 10.3 Å². The van der Waals surface area contributed by atoms with Gasteiger partial charge in [0.25, 0.3) is 5.91 Å². The molecular weight excluding hydrogens is 254 g/mol. The van der Waals surface area contributed by atoms with Gasteiger partial charge in [-0.25, -0.2) is 4.98 Å². The van der Waals surface area contributed by atoms with E-state index in [1.807, 2.05) is 32.9 Å². The van der Waals surface area contributed by atoms with Crippen molar-refractivity contribution in [2.45, 2.75) is 33.2 Å². The number of furan rings is 1. The van der Waals surface area contributed by atoms with Gasteiger partial charge in [0, 0.05) is 11.3 Å². The molecule has 106 valence electrons. The SMILES string of the molecule is Cc1ccc(CNC(=O)c2cc(N)nc(C(C)C)c2)o1. The summed E-state index contributed by atoms with van der Waals surface area (Å²) in [6.45, 7) is 6.24.